The van der Waals surface area contributed by atoms with Gasteiger partial charge in [0.1, 0.15) is 11.0 Å². The third kappa shape index (κ3) is 5.66. The van der Waals surface area contributed by atoms with Crippen molar-refractivity contribution < 1.29 is 4.79 Å². The summed E-state index contributed by atoms with van der Waals surface area (Å²) >= 11 is 7.64. The van der Waals surface area contributed by atoms with Crippen LogP contribution in [0.1, 0.15) is 12.5 Å². The summed E-state index contributed by atoms with van der Waals surface area (Å²) in [5.41, 5.74) is 2.53. The normalized spacial score (nSPS) is 17.7. The number of carbonyl (C=O) groups is 1. The number of hydrogen-bond donors (Lipinski definition) is 0. The molecule has 0 spiro atoms. The Kier molecular flexibility index (Phi) is 7.75. The van der Waals surface area contributed by atoms with Gasteiger partial charge in [0.15, 0.2) is 5.16 Å². The quantitative estimate of drug-likeness (QED) is 0.362. The van der Waals surface area contributed by atoms with E-state index in [9.17, 15) is 4.79 Å². The lowest BCUT2D eigenvalue weighted by Crippen LogP contribution is -2.49. The number of rotatable bonds is 6. The van der Waals surface area contributed by atoms with Crippen LogP contribution in [0.5, 0.6) is 0 Å². The molecule has 1 aromatic heterocycles. The van der Waals surface area contributed by atoms with Crippen molar-refractivity contribution in [1.29, 1.82) is 0 Å². The van der Waals surface area contributed by atoms with Gasteiger partial charge in [-0.2, -0.15) is 0 Å². The molecule has 0 N–H and O–H groups in total. The molecule has 3 heterocycles. The Bertz CT molecular complexity index is 928. The number of thioether (sulfide) groups is 1. The number of aromatic nitrogens is 2. The molecule has 2 fully saturated rings. The Morgan fingerprint density at radius 1 is 1.00 bits per heavy atom. The molecule has 0 radical (unpaired) electrons. The first-order chi connectivity index (χ1) is 15.5. The van der Waals surface area contributed by atoms with Gasteiger partial charge in [0, 0.05) is 64.1 Å². The van der Waals surface area contributed by atoms with Gasteiger partial charge in [-0.25, -0.2) is 9.97 Å². The first-order valence-corrected chi connectivity index (χ1v) is 12.6. The van der Waals surface area contributed by atoms with Crippen LogP contribution in [0.15, 0.2) is 35.5 Å². The number of carbonyl (C=O) groups excluding carboxylic acids is 1. The monoisotopic (exact) mass is 474 g/mol. The number of para-hydroxylation sites is 1. The van der Waals surface area contributed by atoms with E-state index in [2.05, 4.69) is 62.8 Å². The van der Waals surface area contributed by atoms with E-state index in [1.165, 1.54) is 23.0 Å². The van der Waals surface area contributed by atoms with E-state index in [4.69, 9.17) is 11.6 Å². The number of piperazine rings is 2. The van der Waals surface area contributed by atoms with Crippen molar-refractivity contribution in [2.45, 2.75) is 19.0 Å². The maximum atomic E-state index is 12.8. The lowest BCUT2D eigenvalue weighted by atomic mass is 10.1. The maximum absolute atomic E-state index is 12.8. The molecule has 0 aliphatic carbocycles. The van der Waals surface area contributed by atoms with Crippen molar-refractivity contribution in [3.05, 3.63) is 41.0 Å². The molecular weight excluding hydrogens is 444 g/mol. The Labute approximate surface area is 199 Å². The molecular formula is C23H31ClN6OS. The lowest BCUT2D eigenvalue weighted by Gasteiger charge is -2.36. The van der Waals surface area contributed by atoms with Gasteiger partial charge in [-0.3, -0.25) is 4.79 Å². The third-order valence-electron chi connectivity index (χ3n) is 6.22. The maximum Gasteiger partial charge on any atom is 0.233 e. The van der Waals surface area contributed by atoms with E-state index in [1.54, 1.807) is 0 Å². The van der Waals surface area contributed by atoms with E-state index in [-0.39, 0.29) is 5.91 Å². The predicted molar refractivity (Wildman–Crippen MR) is 132 cm³/mol. The first-order valence-electron chi connectivity index (χ1n) is 11.3. The van der Waals surface area contributed by atoms with Crippen molar-refractivity contribution in [2.75, 3.05) is 74.5 Å². The molecule has 9 heteroatoms. The molecule has 1 amide bonds. The van der Waals surface area contributed by atoms with Crippen molar-refractivity contribution >= 4 is 40.8 Å². The van der Waals surface area contributed by atoms with E-state index in [0.29, 0.717) is 16.1 Å². The lowest BCUT2D eigenvalue weighted by molar-refractivity contribution is -0.128. The number of amides is 1. The van der Waals surface area contributed by atoms with Gasteiger partial charge in [-0.15, -0.1) is 0 Å². The van der Waals surface area contributed by atoms with E-state index < -0.39 is 0 Å². The van der Waals surface area contributed by atoms with Crippen LogP contribution in [0.4, 0.5) is 11.5 Å². The molecule has 0 saturated carbocycles. The van der Waals surface area contributed by atoms with Crippen LogP contribution in [-0.4, -0.2) is 90.3 Å². The van der Waals surface area contributed by atoms with Gasteiger partial charge in [0.05, 0.1) is 5.75 Å². The fourth-order valence-electron chi connectivity index (χ4n) is 4.24. The van der Waals surface area contributed by atoms with Crippen LogP contribution in [0.2, 0.25) is 5.15 Å². The smallest absolute Gasteiger partial charge is 0.233 e. The summed E-state index contributed by atoms with van der Waals surface area (Å²) in [6, 6.07) is 10.2. The number of nitrogens with zero attached hydrogens (tertiary/aromatic N) is 6. The van der Waals surface area contributed by atoms with Crippen LogP contribution >= 0.6 is 23.4 Å². The summed E-state index contributed by atoms with van der Waals surface area (Å²) in [5.74, 6) is 1.30. The standard InChI is InChI=1S/C23H31ClN6OS/c1-3-27-8-10-29(11-9-27)21-16-20(24)25-23(26-21)32-17-22(31)30-14-12-28(13-15-30)19-7-5-4-6-18(19)2/h4-7,16H,3,8-15,17H2,1-2H3. The highest BCUT2D eigenvalue weighted by Gasteiger charge is 2.23. The second kappa shape index (κ2) is 10.7. The SMILES string of the molecule is CCN1CCN(c2cc(Cl)nc(SCC(=O)N3CCN(c4ccccc4C)CC3)n2)CC1. The van der Waals surface area contributed by atoms with Crippen LogP contribution in [0.25, 0.3) is 0 Å². The van der Waals surface area contributed by atoms with Crippen LogP contribution in [-0.2, 0) is 4.79 Å². The summed E-state index contributed by atoms with van der Waals surface area (Å²) in [6.07, 6.45) is 0. The molecule has 172 valence electrons. The highest BCUT2D eigenvalue weighted by molar-refractivity contribution is 7.99. The number of hydrogen-bond acceptors (Lipinski definition) is 7. The van der Waals surface area contributed by atoms with Crippen molar-refractivity contribution in [1.82, 2.24) is 19.8 Å². The molecule has 2 saturated heterocycles. The second-order valence-electron chi connectivity index (χ2n) is 8.20. The zero-order valence-corrected chi connectivity index (χ0v) is 20.4. The van der Waals surface area contributed by atoms with E-state index >= 15 is 0 Å². The summed E-state index contributed by atoms with van der Waals surface area (Å²) in [6.45, 7) is 12.4. The Hall–Kier alpha value is -2.03. The minimum Gasteiger partial charge on any atom is -0.368 e. The van der Waals surface area contributed by atoms with Gasteiger partial charge in [0.25, 0.3) is 0 Å². The highest BCUT2D eigenvalue weighted by Crippen LogP contribution is 2.24. The number of likely N-dealkylation sites (N-methyl/N-ethyl adjacent to an activating group) is 1. The largest absolute Gasteiger partial charge is 0.368 e. The molecule has 0 unspecified atom stereocenters. The predicted octanol–water partition coefficient (Wildman–Crippen LogP) is 3.02. The fraction of sp³-hybridized carbons (Fsp3) is 0.522. The van der Waals surface area contributed by atoms with Crippen molar-refractivity contribution in [2.24, 2.45) is 0 Å². The second-order valence-corrected chi connectivity index (χ2v) is 9.53. The average Bonchev–Trinajstić information content (AvgIpc) is 2.83. The highest BCUT2D eigenvalue weighted by atomic mass is 35.5. The van der Waals surface area contributed by atoms with Crippen molar-refractivity contribution in [3.8, 4) is 0 Å². The van der Waals surface area contributed by atoms with Crippen molar-refractivity contribution in [3.63, 3.8) is 0 Å². The zero-order valence-electron chi connectivity index (χ0n) is 18.8. The molecule has 2 aliphatic rings. The number of aryl methyl sites for hydroxylation is 1. The molecule has 0 bridgehead atoms. The molecule has 2 aliphatic heterocycles. The van der Waals surface area contributed by atoms with Gasteiger partial charge in [-0.1, -0.05) is 48.5 Å². The topological polar surface area (TPSA) is 55.8 Å². The Morgan fingerprint density at radius 3 is 2.38 bits per heavy atom. The fourth-order valence-corrected chi connectivity index (χ4v) is 5.22. The molecule has 0 atom stereocenters. The summed E-state index contributed by atoms with van der Waals surface area (Å²) in [7, 11) is 0. The summed E-state index contributed by atoms with van der Waals surface area (Å²) in [4.78, 5) is 30.8. The third-order valence-corrected chi connectivity index (χ3v) is 7.24. The molecule has 32 heavy (non-hydrogen) atoms. The van der Waals surface area contributed by atoms with Gasteiger partial charge in [0.2, 0.25) is 5.91 Å². The minimum atomic E-state index is 0.126. The molecule has 2 aromatic rings. The number of benzene rings is 1. The van der Waals surface area contributed by atoms with Gasteiger partial charge < -0.3 is 19.6 Å². The number of anilines is 2. The average molecular weight is 475 g/mol. The molecule has 7 nitrogen and oxygen atoms in total. The van der Waals surface area contributed by atoms with Gasteiger partial charge >= 0.3 is 0 Å². The van der Waals surface area contributed by atoms with Gasteiger partial charge in [-0.05, 0) is 25.1 Å². The summed E-state index contributed by atoms with van der Waals surface area (Å²) in [5, 5.41) is 0.993. The van der Waals surface area contributed by atoms with Crippen LogP contribution in [0, 0.1) is 6.92 Å². The first kappa shape index (κ1) is 23.1. The van der Waals surface area contributed by atoms with Crippen LogP contribution < -0.4 is 9.80 Å². The van der Waals surface area contributed by atoms with E-state index in [0.717, 1.165) is 64.7 Å². The van der Waals surface area contributed by atoms with Crippen LogP contribution in [0.3, 0.4) is 0 Å². The van der Waals surface area contributed by atoms with E-state index in [1.807, 2.05) is 11.0 Å². The number of halogens is 1. The zero-order chi connectivity index (χ0) is 22.5. The molecule has 4 rings (SSSR count). The Balaban J connectivity index is 1.30. The summed E-state index contributed by atoms with van der Waals surface area (Å²) < 4.78 is 0. The Morgan fingerprint density at radius 2 is 1.69 bits per heavy atom. The minimum absolute atomic E-state index is 0.126. The molecule has 1 aromatic carbocycles.